The van der Waals surface area contributed by atoms with Crippen molar-refractivity contribution >= 4 is 11.9 Å². The van der Waals surface area contributed by atoms with Gasteiger partial charge in [0.05, 0.1) is 19.3 Å². The molecule has 1 aromatic rings. The zero-order chi connectivity index (χ0) is 22.6. The minimum absolute atomic E-state index is 0.0138. The Morgan fingerprint density at radius 3 is 2.45 bits per heavy atom. The molecule has 1 saturated heterocycles. The fourth-order valence-corrected chi connectivity index (χ4v) is 3.48. The van der Waals surface area contributed by atoms with Crippen molar-refractivity contribution in [2.75, 3.05) is 60.0 Å². The van der Waals surface area contributed by atoms with Crippen LogP contribution in [0.2, 0.25) is 0 Å². The van der Waals surface area contributed by atoms with E-state index in [1.54, 1.807) is 19.0 Å². The zero-order valence-electron chi connectivity index (χ0n) is 20.0. The van der Waals surface area contributed by atoms with Gasteiger partial charge in [-0.3, -0.25) is 9.69 Å². The molecule has 1 aliphatic heterocycles. The Morgan fingerprint density at radius 2 is 1.84 bits per heavy atom. The summed E-state index contributed by atoms with van der Waals surface area (Å²) >= 11 is 0. The lowest BCUT2D eigenvalue weighted by molar-refractivity contribution is -0.127. The van der Waals surface area contributed by atoms with Crippen LogP contribution in [0.4, 0.5) is 0 Å². The molecule has 1 aromatic carbocycles. The van der Waals surface area contributed by atoms with Crippen molar-refractivity contribution in [1.82, 2.24) is 20.4 Å². The molecule has 2 N–H and O–H groups in total. The highest BCUT2D eigenvalue weighted by molar-refractivity contribution is 5.85. The zero-order valence-corrected chi connectivity index (χ0v) is 20.0. The molecule has 1 fully saturated rings. The number of rotatable bonds is 10. The van der Waals surface area contributed by atoms with Crippen LogP contribution in [-0.4, -0.2) is 81.7 Å². The maximum absolute atomic E-state index is 12.0. The van der Waals surface area contributed by atoms with E-state index in [0.29, 0.717) is 11.9 Å². The largest absolute Gasteiger partial charge is 0.379 e. The van der Waals surface area contributed by atoms with Crippen molar-refractivity contribution in [2.24, 2.45) is 10.9 Å². The summed E-state index contributed by atoms with van der Waals surface area (Å²) in [4.78, 5) is 20.5. The van der Waals surface area contributed by atoms with E-state index in [9.17, 15) is 4.79 Å². The predicted octanol–water partition coefficient (Wildman–Crippen LogP) is 2.29. The molecule has 1 unspecified atom stereocenters. The number of ether oxygens (including phenoxy) is 1. The van der Waals surface area contributed by atoms with Gasteiger partial charge < -0.3 is 20.3 Å². The normalized spacial score (nSPS) is 16.3. The fraction of sp³-hybridized carbons (Fsp3) is 0.667. The highest BCUT2D eigenvalue weighted by Crippen LogP contribution is 2.15. The average molecular weight is 432 g/mol. The second-order valence-corrected chi connectivity index (χ2v) is 8.89. The number of nitrogens with zero attached hydrogens (tertiary/aromatic N) is 3. The van der Waals surface area contributed by atoms with E-state index in [4.69, 9.17) is 4.74 Å². The summed E-state index contributed by atoms with van der Waals surface area (Å²) < 4.78 is 5.41. The van der Waals surface area contributed by atoms with Crippen LogP contribution in [0.3, 0.4) is 0 Å². The Morgan fingerprint density at radius 1 is 1.16 bits per heavy atom. The molecular weight excluding hydrogens is 390 g/mol. The molecule has 31 heavy (non-hydrogen) atoms. The summed E-state index contributed by atoms with van der Waals surface area (Å²) in [7, 11) is 3.50. The second-order valence-electron chi connectivity index (χ2n) is 8.89. The van der Waals surface area contributed by atoms with Gasteiger partial charge in [-0.2, -0.15) is 0 Å². The average Bonchev–Trinajstić information content (AvgIpc) is 2.75. The molecule has 1 amide bonds. The van der Waals surface area contributed by atoms with Gasteiger partial charge in [-0.1, -0.05) is 38.1 Å². The van der Waals surface area contributed by atoms with Gasteiger partial charge in [0, 0.05) is 33.7 Å². The number of guanidine groups is 1. The summed E-state index contributed by atoms with van der Waals surface area (Å²) in [5, 5.41) is 6.86. The minimum atomic E-state index is -0.0138. The van der Waals surface area contributed by atoms with E-state index < -0.39 is 0 Å². The Hall–Kier alpha value is -2.12. The number of likely N-dealkylation sites (N-methyl/N-ethyl adjacent to an activating group) is 1. The highest BCUT2D eigenvalue weighted by Gasteiger charge is 2.12. The summed E-state index contributed by atoms with van der Waals surface area (Å²) in [6, 6.07) is 8.85. The number of carbonyl (C=O) groups excluding carboxylic acids is 1. The summed E-state index contributed by atoms with van der Waals surface area (Å²) in [6.45, 7) is 12.2. The van der Waals surface area contributed by atoms with Crippen molar-refractivity contribution in [1.29, 1.82) is 0 Å². The maximum atomic E-state index is 12.0. The minimum Gasteiger partial charge on any atom is -0.379 e. The number of aliphatic imine (C=N–C) groups is 1. The third-order valence-electron chi connectivity index (χ3n) is 5.40. The molecule has 0 aliphatic carbocycles. The number of morpholine rings is 1. The third-order valence-corrected chi connectivity index (χ3v) is 5.40. The molecule has 0 radical (unpaired) electrons. The van der Waals surface area contributed by atoms with Crippen molar-refractivity contribution in [3.05, 3.63) is 35.4 Å². The standard InChI is InChI=1S/C24H41N5O2/c1-19(2)17-21-7-9-22(10-8-21)20(3)27-24(26-18-23(30)28(4)5)25-11-6-12-29-13-15-31-16-14-29/h7-10,19-20H,6,11-18H2,1-5H3,(H2,25,26,27). The van der Waals surface area contributed by atoms with Gasteiger partial charge in [0.25, 0.3) is 0 Å². The molecule has 1 atom stereocenters. The molecule has 2 rings (SSSR count). The van der Waals surface area contributed by atoms with Crippen LogP contribution >= 0.6 is 0 Å². The van der Waals surface area contributed by atoms with E-state index in [1.807, 2.05) is 0 Å². The van der Waals surface area contributed by atoms with Crippen LogP contribution < -0.4 is 10.6 Å². The number of hydrogen-bond acceptors (Lipinski definition) is 4. The lowest BCUT2D eigenvalue weighted by Gasteiger charge is -2.26. The van der Waals surface area contributed by atoms with E-state index >= 15 is 0 Å². The molecule has 1 heterocycles. The van der Waals surface area contributed by atoms with Gasteiger partial charge >= 0.3 is 0 Å². The fourth-order valence-electron chi connectivity index (χ4n) is 3.48. The molecule has 7 heteroatoms. The van der Waals surface area contributed by atoms with Crippen LogP contribution in [-0.2, 0) is 16.0 Å². The SMILES string of the molecule is CC(C)Cc1ccc(C(C)NC(=NCC(=O)N(C)C)NCCCN2CCOCC2)cc1. The maximum Gasteiger partial charge on any atom is 0.243 e. The van der Waals surface area contributed by atoms with E-state index in [0.717, 1.165) is 52.2 Å². The summed E-state index contributed by atoms with van der Waals surface area (Å²) in [6.07, 6.45) is 2.10. The van der Waals surface area contributed by atoms with Crippen LogP contribution in [0.5, 0.6) is 0 Å². The number of carbonyl (C=O) groups is 1. The smallest absolute Gasteiger partial charge is 0.243 e. The Bertz CT molecular complexity index is 682. The van der Waals surface area contributed by atoms with E-state index in [1.165, 1.54) is 11.1 Å². The first-order valence-electron chi connectivity index (χ1n) is 11.5. The molecule has 0 saturated carbocycles. The Balaban J connectivity index is 1.91. The molecule has 0 aromatic heterocycles. The van der Waals surface area contributed by atoms with Crippen molar-refractivity contribution in [3.8, 4) is 0 Å². The van der Waals surface area contributed by atoms with Crippen molar-refractivity contribution in [2.45, 2.75) is 39.7 Å². The van der Waals surface area contributed by atoms with Crippen molar-refractivity contribution in [3.63, 3.8) is 0 Å². The molecular formula is C24H41N5O2. The highest BCUT2D eigenvalue weighted by atomic mass is 16.5. The second kappa shape index (κ2) is 13.3. The monoisotopic (exact) mass is 431 g/mol. The van der Waals surface area contributed by atoms with Crippen molar-refractivity contribution < 1.29 is 9.53 Å². The molecule has 0 spiro atoms. The van der Waals surface area contributed by atoms with E-state index in [-0.39, 0.29) is 18.5 Å². The van der Waals surface area contributed by atoms with Gasteiger partial charge in [0.15, 0.2) is 5.96 Å². The van der Waals surface area contributed by atoms with Gasteiger partial charge in [-0.05, 0) is 43.4 Å². The number of amides is 1. The molecule has 174 valence electrons. The van der Waals surface area contributed by atoms with Gasteiger partial charge in [-0.25, -0.2) is 4.99 Å². The van der Waals surface area contributed by atoms with Crippen LogP contribution in [0.25, 0.3) is 0 Å². The molecule has 0 bridgehead atoms. The Labute approximate surface area is 188 Å². The van der Waals surface area contributed by atoms with E-state index in [2.05, 4.69) is 65.6 Å². The topological polar surface area (TPSA) is 69.2 Å². The first-order valence-corrected chi connectivity index (χ1v) is 11.5. The van der Waals surface area contributed by atoms with Crippen LogP contribution in [0, 0.1) is 5.92 Å². The Kier molecular flexibility index (Phi) is 10.8. The lowest BCUT2D eigenvalue weighted by atomic mass is 10.00. The molecule has 1 aliphatic rings. The predicted molar refractivity (Wildman–Crippen MR) is 127 cm³/mol. The van der Waals surface area contributed by atoms with Gasteiger partial charge in [0.1, 0.15) is 6.54 Å². The quantitative estimate of drug-likeness (QED) is 0.338. The first-order chi connectivity index (χ1) is 14.8. The number of nitrogens with one attached hydrogen (secondary N) is 2. The van der Waals surface area contributed by atoms with Crippen LogP contribution in [0.1, 0.15) is 44.4 Å². The summed E-state index contributed by atoms with van der Waals surface area (Å²) in [5.74, 6) is 1.31. The van der Waals surface area contributed by atoms with Gasteiger partial charge in [0.2, 0.25) is 5.91 Å². The van der Waals surface area contributed by atoms with Gasteiger partial charge in [-0.15, -0.1) is 0 Å². The molecule has 7 nitrogen and oxygen atoms in total. The number of benzene rings is 1. The summed E-state index contributed by atoms with van der Waals surface area (Å²) in [5.41, 5.74) is 2.56. The van der Waals surface area contributed by atoms with Crippen LogP contribution in [0.15, 0.2) is 29.3 Å². The lowest BCUT2D eigenvalue weighted by Crippen LogP contribution is -2.42. The first kappa shape index (κ1) is 25.1. The third kappa shape index (κ3) is 9.70. The number of hydrogen-bond donors (Lipinski definition) is 2.